The monoisotopic (exact) mass is 749 g/mol. The van der Waals surface area contributed by atoms with E-state index in [9.17, 15) is 19.0 Å². The smallest absolute Gasteiger partial charge is 0.462 e. The van der Waals surface area contributed by atoms with E-state index in [-0.39, 0.29) is 25.6 Å². The van der Waals surface area contributed by atoms with E-state index in [1.165, 1.54) is 135 Å². The number of hydrogen-bond donors (Lipinski definition) is 1. The number of carbonyl (C=O) groups is 2. The highest BCUT2D eigenvalue weighted by Crippen LogP contribution is 2.43. The van der Waals surface area contributed by atoms with Crippen LogP contribution in [0.5, 0.6) is 0 Å². The fourth-order valence-corrected chi connectivity index (χ4v) is 6.76. The van der Waals surface area contributed by atoms with E-state index in [1.54, 1.807) is 0 Å². The van der Waals surface area contributed by atoms with Gasteiger partial charge in [-0.1, -0.05) is 174 Å². The Bertz CT molecular complexity index is 850. The average Bonchev–Trinajstić information content (AvgIpc) is 3.07. The van der Waals surface area contributed by atoms with Gasteiger partial charge in [0.2, 0.25) is 0 Å². The quantitative estimate of drug-likeness (QED) is 0.0286. The first-order valence-electron chi connectivity index (χ1n) is 21.3. The van der Waals surface area contributed by atoms with Crippen LogP contribution in [0.25, 0.3) is 0 Å². The Morgan fingerprint density at radius 1 is 0.529 bits per heavy atom. The molecule has 0 aliphatic rings. The molecule has 0 aromatic rings. The number of nitrogens with zero attached hydrogens (tertiary/aromatic N) is 1. The first kappa shape index (κ1) is 50.0. The summed E-state index contributed by atoms with van der Waals surface area (Å²) < 4.78 is 34.2. The highest BCUT2D eigenvalue weighted by atomic mass is 31.2. The Kier molecular flexibility index (Phi) is 34.1. The molecular weight excluding hydrogens is 665 g/mol. The Morgan fingerprint density at radius 3 is 1.25 bits per heavy atom. The summed E-state index contributed by atoms with van der Waals surface area (Å²) in [4.78, 5) is 35.2. The second-order valence-corrected chi connectivity index (χ2v) is 17.2. The van der Waals surface area contributed by atoms with Crippen LogP contribution in [0.3, 0.4) is 0 Å². The van der Waals surface area contributed by atoms with E-state index in [4.69, 9.17) is 18.5 Å². The van der Waals surface area contributed by atoms with Gasteiger partial charge >= 0.3 is 19.8 Å². The van der Waals surface area contributed by atoms with Crippen LogP contribution < -0.4 is 0 Å². The zero-order valence-corrected chi connectivity index (χ0v) is 35.0. The summed E-state index contributed by atoms with van der Waals surface area (Å²) in [6.07, 6.45) is 32.9. The molecule has 0 rings (SSSR count). The highest BCUT2D eigenvalue weighted by molar-refractivity contribution is 7.47. The van der Waals surface area contributed by atoms with E-state index >= 15 is 0 Å². The van der Waals surface area contributed by atoms with Gasteiger partial charge in [-0.05, 0) is 12.8 Å². The van der Waals surface area contributed by atoms with E-state index in [0.29, 0.717) is 17.4 Å². The van der Waals surface area contributed by atoms with Crippen molar-refractivity contribution in [2.24, 2.45) is 0 Å². The van der Waals surface area contributed by atoms with Gasteiger partial charge in [-0.25, -0.2) is 4.57 Å². The van der Waals surface area contributed by atoms with Crippen LogP contribution in [0, 0.1) is 0 Å². The SMILES string of the molecule is CCCCCCCCCCCCCCCCCCCCC(=O)O[C@H](COC(=O)CCCCCCCCCCC)COP(=O)(O)OCC[N+](C)(C)C. The predicted octanol–water partition coefficient (Wildman–Crippen LogP) is 11.6. The first-order chi connectivity index (χ1) is 24.5. The maximum Gasteiger partial charge on any atom is 0.472 e. The first-order valence-corrected chi connectivity index (χ1v) is 22.8. The van der Waals surface area contributed by atoms with Crippen molar-refractivity contribution in [1.82, 2.24) is 0 Å². The molecule has 0 saturated carbocycles. The number of unbranched alkanes of at least 4 members (excludes halogenated alkanes) is 25. The molecule has 51 heavy (non-hydrogen) atoms. The molecule has 0 aliphatic heterocycles. The van der Waals surface area contributed by atoms with Gasteiger partial charge in [-0.2, -0.15) is 0 Å². The summed E-state index contributed by atoms with van der Waals surface area (Å²) >= 11 is 0. The third-order valence-electron chi connectivity index (χ3n) is 9.39. The summed E-state index contributed by atoms with van der Waals surface area (Å²) in [7, 11) is 1.49. The Labute approximate surface area is 314 Å². The van der Waals surface area contributed by atoms with Crippen molar-refractivity contribution < 1.29 is 42.1 Å². The molecular formula is C41H83NO8P+. The molecule has 0 heterocycles. The average molecular weight is 749 g/mol. The number of phosphoric ester groups is 1. The van der Waals surface area contributed by atoms with Crippen molar-refractivity contribution in [3.8, 4) is 0 Å². The van der Waals surface area contributed by atoms with Crippen molar-refractivity contribution in [3.63, 3.8) is 0 Å². The van der Waals surface area contributed by atoms with Crippen LogP contribution in [-0.2, 0) is 32.7 Å². The van der Waals surface area contributed by atoms with Crippen LogP contribution in [0.1, 0.15) is 200 Å². The third-order valence-corrected chi connectivity index (χ3v) is 10.4. The van der Waals surface area contributed by atoms with E-state index < -0.39 is 26.5 Å². The topological polar surface area (TPSA) is 108 Å². The maximum absolute atomic E-state index is 12.6. The molecule has 1 unspecified atom stereocenters. The zero-order chi connectivity index (χ0) is 37.9. The standard InChI is InChI=1S/C41H82NO8P/c1-6-8-10-12-14-16-17-18-19-20-21-22-23-24-26-28-30-32-34-41(44)50-39(38-49-51(45,46)48-36-35-42(3,4)5)37-47-40(43)33-31-29-27-25-15-13-11-9-7-2/h39H,6-38H2,1-5H3/p+1/t39-/m1/s1. The third kappa shape index (κ3) is 38.5. The minimum absolute atomic E-state index is 0.0365. The normalized spacial score (nSPS) is 13.6. The van der Waals surface area contributed by atoms with Crippen molar-refractivity contribution in [1.29, 1.82) is 0 Å². The second kappa shape index (κ2) is 34.8. The van der Waals surface area contributed by atoms with Gasteiger partial charge in [0, 0.05) is 12.8 Å². The van der Waals surface area contributed by atoms with Crippen LogP contribution in [0.15, 0.2) is 0 Å². The molecule has 0 saturated heterocycles. The number of esters is 2. The van der Waals surface area contributed by atoms with Gasteiger partial charge < -0.3 is 18.9 Å². The summed E-state index contributed by atoms with van der Waals surface area (Å²) in [6.45, 7) is 4.43. The van der Waals surface area contributed by atoms with Crippen LogP contribution in [-0.4, -0.2) is 74.9 Å². The van der Waals surface area contributed by atoms with Gasteiger partial charge in [0.05, 0.1) is 27.7 Å². The van der Waals surface area contributed by atoms with Gasteiger partial charge in [-0.15, -0.1) is 0 Å². The maximum atomic E-state index is 12.6. The van der Waals surface area contributed by atoms with Crippen LogP contribution in [0.2, 0.25) is 0 Å². The number of quaternary nitrogens is 1. The lowest BCUT2D eigenvalue weighted by molar-refractivity contribution is -0.870. The lowest BCUT2D eigenvalue weighted by Crippen LogP contribution is -2.37. The molecule has 10 heteroatoms. The Hall–Kier alpha value is -0.990. The molecule has 0 bridgehead atoms. The number of phosphoric acid groups is 1. The second-order valence-electron chi connectivity index (χ2n) is 15.7. The summed E-state index contributed by atoms with van der Waals surface area (Å²) in [6, 6.07) is 0. The number of hydrogen-bond acceptors (Lipinski definition) is 7. The summed E-state index contributed by atoms with van der Waals surface area (Å²) in [5.41, 5.74) is 0. The zero-order valence-electron chi connectivity index (χ0n) is 34.1. The lowest BCUT2D eigenvalue weighted by atomic mass is 10.0. The molecule has 0 aromatic carbocycles. The molecule has 1 N–H and O–H groups in total. The molecule has 0 amide bonds. The fraction of sp³-hybridized carbons (Fsp3) is 0.951. The highest BCUT2D eigenvalue weighted by Gasteiger charge is 2.27. The van der Waals surface area contributed by atoms with Gasteiger partial charge in [0.15, 0.2) is 6.10 Å². The Morgan fingerprint density at radius 2 is 0.882 bits per heavy atom. The largest absolute Gasteiger partial charge is 0.472 e. The summed E-state index contributed by atoms with van der Waals surface area (Å²) in [5.74, 6) is -0.789. The van der Waals surface area contributed by atoms with Gasteiger partial charge in [0.25, 0.3) is 0 Å². The Balaban J connectivity index is 4.27. The van der Waals surface area contributed by atoms with E-state index in [2.05, 4.69) is 13.8 Å². The molecule has 304 valence electrons. The number of rotatable bonds is 39. The number of ether oxygens (including phenoxy) is 2. The molecule has 9 nitrogen and oxygen atoms in total. The number of carbonyl (C=O) groups excluding carboxylic acids is 2. The fourth-order valence-electron chi connectivity index (χ4n) is 6.01. The molecule has 2 atom stereocenters. The molecule has 0 spiro atoms. The molecule has 0 radical (unpaired) electrons. The van der Waals surface area contributed by atoms with Crippen LogP contribution >= 0.6 is 7.82 Å². The van der Waals surface area contributed by atoms with Gasteiger partial charge in [0.1, 0.15) is 19.8 Å². The summed E-state index contributed by atoms with van der Waals surface area (Å²) in [5, 5.41) is 0. The molecule has 0 fully saturated rings. The number of likely N-dealkylation sites (N-methyl/N-ethyl adjacent to an activating group) is 1. The van der Waals surface area contributed by atoms with Crippen molar-refractivity contribution in [2.75, 3.05) is 47.5 Å². The van der Waals surface area contributed by atoms with Crippen molar-refractivity contribution >= 4 is 19.8 Å². The van der Waals surface area contributed by atoms with E-state index in [0.717, 1.165) is 38.5 Å². The van der Waals surface area contributed by atoms with Gasteiger partial charge in [-0.3, -0.25) is 18.6 Å². The van der Waals surface area contributed by atoms with Crippen LogP contribution in [0.4, 0.5) is 0 Å². The minimum Gasteiger partial charge on any atom is -0.462 e. The lowest BCUT2D eigenvalue weighted by Gasteiger charge is -2.24. The predicted molar refractivity (Wildman–Crippen MR) is 211 cm³/mol. The van der Waals surface area contributed by atoms with Crippen molar-refractivity contribution in [2.45, 2.75) is 206 Å². The van der Waals surface area contributed by atoms with E-state index in [1.807, 2.05) is 21.1 Å². The molecule has 0 aliphatic carbocycles. The molecule has 0 aromatic heterocycles. The van der Waals surface area contributed by atoms with Crippen molar-refractivity contribution in [3.05, 3.63) is 0 Å². The minimum atomic E-state index is -4.36.